The minimum absolute atomic E-state index is 0.292. The number of ether oxygens (including phenoxy) is 1. The molecule has 2 rings (SSSR count). The molecule has 0 saturated heterocycles. The number of nitrogens with two attached hydrogens (primary N) is 1. The number of nitrogens with zero attached hydrogens (tertiary/aromatic N) is 1. The van der Waals surface area contributed by atoms with Gasteiger partial charge in [0.25, 0.3) is 0 Å². The number of aryl methyl sites for hydroxylation is 1. The van der Waals surface area contributed by atoms with Crippen molar-refractivity contribution in [2.45, 2.75) is 19.8 Å². The molecule has 1 aromatic carbocycles. The van der Waals surface area contributed by atoms with Crippen molar-refractivity contribution in [3.63, 3.8) is 0 Å². The zero-order chi connectivity index (χ0) is 13.1. The minimum Gasteiger partial charge on any atom is -0.497 e. The summed E-state index contributed by atoms with van der Waals surface area (Å²) in [6.07, 6.45) is 1.46. The summed E-state index contributed by atoms with van der Waals surface area (Å²) in [5.41, 5.74) is 7.56. The molecule has 0 atom stereocenters. The minimum atomic E-state index is -0.292. The monoisotopic (exact) mass is 266 g/mol. The summed E-state index contributed by atoms with van der Waals surface area (Å²) < 4.78 is 18.4. The number of aromatic nitrogens is 1. The first-order chi connectivity index (χ1) is 8.62. The summed E-state index contributed by atoms with van der Waals surface area (Å²) in [5, 5.41) is 0.560. The maximum absolute atomic E-state index is 13.4. The van der Waals surface area contributed by atoms with Crippen LogP contribution in [0.15, 0.2) is 18.2 Å². The normalized spacial score (nSPS) is 10.6. The largest absolute Gasteiger partial charge is 0.497 e. The Labute approximate surface area is 109 Å². The zero-order valence-corrected chi connectivity index (χ0v) is 11.2. The quantitative estimate of drug-likeness (QED) is 0.925. The van der Waals surface area contributed by atoms with Crippen molar-refractivity contribution in [2.24, 2.45) is 0 Å². The van der Waals surface area contributed by atoms with Crippen molar-refractivity contribution in [2.75, 3.05) is 12.8 Å². The van der Waals surface area contributed by atoms with E-state index in [0.717, 1.165) is 22.6 Å². The third kappa shape index (κ3) is 2.79. The second-order valence-corrected chi connectivity index (χ2v) is 5.07. The van der Waals surface area contributed by atoms with E-state index in [1.807, 2.05) is 13.0 Å². The van der Waals surface area contributed by atoms with E-state index in [0.29, 0.717) is 17.3 Å². The zero-order valence-electron chi connectivity index (χ0n) is 10.4. The molecule has 0 amide bonds. The smallest absolute Gasteiger partial charge is 0.180 e. The molecule has 1 aromatic heterocycles. The van der Waals surface area contributed by atoms with Crippen LogP contribution in [0.4, 0.5) is 9.52 Å². The molecule has 0 aliphatic heterocycles. The maximum Gasteiger partial charge on any atom is 0.180 e. The van der Waals surface area contributed by atoms with E-state index in [-0.39, 0.29) is 5.82 Å². The van der Waals surface area contributed by atoms with Gasteiger partial charge in [-0.05, 0) is 24.1 Å². The van der Waals surface area contributed by atoms with Crippen LogP contribution >= 0.6 is 11.3 Å². The third-order valence-corrected chi connectivity index (χ3v) is 3.59. The van der Waals surface area contributed by atoms with Gasteiger partial charge in [-0.3, -0.25) is 0 Å². The maximum atomic E-state index is 13.4. The molecule has 0 radical (unpaired) electrons. The summed E-state index contributed by atoms with van der Waals surface area (Å²) in [4.78, 5) is 5.35. The molecule has 2 aromatic rings. The number of hydrogen-bond acceptors (Lipinski definition) is 4. The average Bonchev–Trinajstić information content (AvgIpc) is 2.68. The summed E-state index contributed by atoms with van der Waals surface area (Å²) in [6.45, 7) is 2.03. The number of benzene rings is 1. The first kappa shape index (κ1) is 12.8. The fourth-order valence-electron chi connectivity index (χ4n) is 1.84. The van der Waals surface area contributed by atoms with Gasteiger partial charge in [0.1, 0.15) is 11.6 Å². The molecular formula is C13H15FN2OS. The van der Waals surface area contributed by atoms with Crippen LogP contribution in [0.2, 0.25) is 0 Å². The van der Waals surface area contributed by atoms with Crippen LogP contribution in [0.25, 0.3) is 0 Å². The van der Waals surface area contributed by atoms with E-state index in [2.05, 4.69) is 4.98 Å². The lowest BCUT2D eigenvalue weighted by Crippen LogP contribution is -1.94. The van der Waals surface area contributed by atoms with Crippen LogP contribution in [0.5, 0.6) is 5.75 Å². The fraction of sp³-hybridized carbons (Fsp3) is 0.308. The van der Waals surface area contributed by atoms with Crippen molar-refractivity contribution in [1.82, 2.24) is 4.98 Å². The van der Waals surface area contributed by atoms with Gasteiger partial charge in [-0.2, -0.15) is 0 Å². The van der Waals surface area contributed by atoms with E-state index in [9.17, 15) is 4.39 Å². The molecule has 1 heterocycles. The standard InChI is InChI=1S/C13H15FN2OS/c1-3-11-12(18-13(15)16-11)6-8-4-9(14)7-10(5-8)17-2/h4-5,7H,3,6H2,1-2H3,(H2,15,16). The van der Waals surface area contributed by atoms with E-state index in [1.165, 1.54) is 30.6 Å². The van der Waals surface area contributed by atoms with Crippen molar-refractivity contribution < 1.29 is 9.13 Å². The van der Waals surface area contributed by atoms with Crippen LogP contribution in [-0.2, 0) is 12.8 Å². The molecule has 0 aliphatic rings. The third-order valence-electron chi connectivity index (χ3n) is 2.66. The summed E-state index contributed by atoms with van der Waals surface area (Å²) in [7, 11) is 1.53. The van der Waals surface area contributed by atoms with E-state index in [4.69, 9.17) is 10.5 Å². The summed E-state index contributed by atoms with van der Waals surface area (Å²) in [6, 6.07) is 4.71. The Balaban J connectivity index is 2.30. The van der Waals surface area contributed by atoms with Crippen molar-refractivity contribution in [3.05, 3.63) is 40.2 Å². The second kappa shape index (κ2) is 5.35. The van der Waals surface area contributed by atoms with E-state index in [1.54, 1.807) is 0 Å². The van der Waals surface area contributed by atoms with Crippen LogP contribution in [-0.4, -0.2) is 12.1 Å². The number of thiazole rings is 1. The Kier molecular flexibility index (Phi) is 3.81. The van der Waals surface area contributed by atoms with Crippen molar-refractivity contribution in [3.8, 4) is 5.75 Å². The predicted octanol–water partition coefficient (Wildman–Crippen LogP) is 3.03. The van der Waals surface area contributed by atoms with Gasteiger partial charge >= 0.3 is 0 Å². The summed E-state index contributed by atoms with van der Waals surface area (Å²) in [5.74, 6) is 0.237. The number of anilines is 1. The first-order valence-electron chi connectivity index (χ1n) is 5.70. The number of halogens is 1. The fourth-order valence-corrected chi connectivity index (χ4v) is 2.80. The van der Waals surface area contributed by atoms with Gasteiger partial charge in [-0.1, -0.05) is 6.92 Å². The van der Waals surface area contributed by atoms with Gasteiger partial charge in [0.2, 0.25) is 0 Å². The average molecular weight is 266 g/mol. The lowest BCUT2D eigenvalue weighted by molar-refractivity contribution is 0.410. The van der Waals surface area contributed by atoms with Crippen LogP contribution in [0, 0.1) is 5.82 Å². The Bertz CT molecular complexity index is 554. The topological polar surface area (TPSA) is 48.1 Å². The highest BCUT2D eigenvalue weighted by molar-refractivity contribution is 7.15. The van der Waals surface area contributed by atoms with Gasteiger partial charge in [0.05, 0.1) is 12.8 Å². The number of hydrogen-bond donors (Lipinski definition) is 1. The van der Waals surface area contributed by atoms with Gasteiger partial charge in [-0.25, -0.2) is 9.37 Å². The number of rotatable bonds is 4. The van der Waals surface area contributed by atoms with Crippen LogP contribution < -0.4 is 10.5 Å². The van der Waals surface area contributed by atoms with E-state index >= 15 is 0 Å². The van der Waals surface area contributed by atoms with Gasteiger partial charge in [-0.15, -0.1) is 11.3 Å². The highest BCUT2D eigenvalue weighted by Gasteiger charge is 2.10. The lowest BCUT2D eigenvalue weighted by atomic mass is 10.1. The Morgan fingerprint density at radius 1 is 1.39 bits per heavy atom. The Morgan fingerprint density at radius 3 is 2.83 bits per heavy atom. The molecule has 0 spiro atoms. The van der Waals surface area contributed by atoms with Crippen LogP contribution in [0.1, 0.15) is 23.1 Å². The van der Waals surface area contributed by atoms with Crippen LogP contribution in [0.3, 0.4) is 0 Å². The summed E-state index contributed by atoms with van der Waals surface area (Å²) >= 11 is 1.46. The predicted molar refractivity (Wildman–Crippen MR) is 71.7 cm³/mol. The first-order valence-corrected chi connectivity index (χ1v) is 6.51. The van der Waals surface area contributed by atoms with Gasteiger partial charge in [0, 0.05) is 17.4 Å². The van der Waals surface area contributed by atoms with Crippen molar-refractivity contribution in [1.29, 1.82) is 0 Å². The molecule has 5 heteroatoms. The number of nitrogen functional groups attached to an aromatic ring is 1. The Morgan fingerprint density at radius 2 is 2.17 bits per heavy atom. The molecule has 0 aliphatic carbocycles. The molecule has 0 unspecified atom stereocenters. The van der Waals surface area contributed by atoms with E-state index < -0.39 is 0 Å². The molecular weight excluding hydrogens is 251 g/mol. The molecule has 96 valence electrons. The highest BCUT2D eigenvalue weighted by Crippen LogP contribution is 2.26. The molecule has 2 N–H and O–H groups in total. The van der Waals surface area contributed by atoms with Crippen molar-refractivity contribution >= 4 is 16.5 Å². The number of methoxy groups -OCH3 is 1. The molecule has 0 saturated carbocycles. The molecule has 0 bridgehead atoms. The Hall–Kier alpha value is -1.62. The molecule has 18 heavy (non-hydrogen) atoms. The molecule has 3 nitrogen and oxygen atoms in total. The molecule has 0 fully saturated rings. The van der Waals surface area contributed by atoms with Gasteiger partial charge < -0.3 is 10.5 Å². The highest BCUT2D eigenvalue weighted by atomic mass is 32.1. The SMILES string of the molecule is CCc1nc(N)sc1Cc1cc(F)cc(OC)c1. The second-order valence-electron chi connectivity index (χ2n) is 3.95. The van der Waals surface area contributed by atoms with Gasteiger partial charge in [0.15, 0.2) is 5.13 Å². The lowest BCUT2D eigenvalue weighted by Gasteiger charge is -2.05.